The molecule has 2 rings (SSSR count). The van der Waals surface area contributed by atoms with Gasteiger partial charge in [0, 0.05) is 11.1 Å². The van der Waals surface area contributed by atoms with E-state index in [1.807, 2.05) is 0 Å². The van der Waals surface area contributed by atoms with E-state index in [0.717, 1.165) is 12.1 Å². The van der Waals surface area contributed by atoms with Gasteiger partial charge < -0.3 is 5.11 Å². The van der Waals surface area contributed by atoms with Crippen LogP contribution in [0.4, 0.5) is 8.78 Å². The van der Waals surface area contributed by atoms with E-state index >= 15 is 0 Å². The molecule has 0 radical (unpaired) electrons. The monoisotopic (exact) mass is 255 g/mol. The van der Waals surface area contributed by atoms with Gasteiger partial charge in [-0.05, 0) is 6.07 Å². The second kappa shape index (κ2) is 3.86. The van der Waals surface area contributed by atoms with E-state index in [-0.39, 0.29) is 10.5 Å². The topological polar surface area (TPSA) is 74.7 Å². The normalized spacial score (nSPS) is 17.6. The highest BCUT2D eigenvalue weighted by molar-refractivity contribution is 6.13. The number of alkyl halides is 2. The number of nitrogens with zero attached hydrogens (tertiary/aromatic N) is 1. The van der Waals surface area contributed by atoms with Gasteiger partial charge in [0.15, 0.2) is 0 Å². The molecule has 1 heterocycles. The molecule has 0 aliphatic carbocycles. The molecule has 0 spiro atoms. The summed E-state index contributed by atoms with van der Waals surface area (Å²) in [6.45, 7) is -1.08. The zero-order valence-corrected chi connectivity index (χ0v) is 8.89. The third kappa shape index (κ3) is 1.64. The van der Waals surface area contributed by atoms with Gasteiger partial charge in [-0.1, -0.05) is 18.2 Å². The van der Waals surface area contributed by atoms with Crippen LogP contribution >= 0.6 is 0 Å². The lowest BCUT2D eigenvalue weighted by Gasteiger charge is -2.30. The Morgan fingerprint density at radius 2 is 1.89 bits per heavy atom. The third-order valence-corrected chi connectivity index (χ3v) is 2.55. The minimum Gasteiger partial charge on any atom is -0.480 e. The Kier molecular flexibility index (Phi) is 2.61. The summed E-state index contributed by atoms with van der Waals surface area (Å²) in [5.74, 6) is -8.26. The van der Waals surface area contributed by atoms with Crippen LogP contribution in [-0.2, 0) is 15.5 Å². The van der Waals surface area contributed by atoms with Gasteiger partial charge >= 0.3 is 17.8 Å². The Morgan fingerprint density at radius 3 is 2.50 bits per heavy atom. The number of rotatable bonds is 2. The van der Waals surface area contributed by atoms with Crippen molar-refractivity contribution in [2.45, 2.75) is 5.92 Å². The molecule has 1 aromatic carbocycles. The van der Waals surface area contributed by atoms with Gasteiger partial charge in [-0.15, -0.1) is 0 Å². The summed E-state index contributed by atoms with van der Waals surface area (Å²) >= 11 is 0. The van der Waals surface area contributed by atoms with Crippen LogP contribution in [-0.4, -0.2) is 34.3 Å². The van der Waals surface area contributed by atoms with Crippen molar-refractivity contribution in [2.75, 3.05) is 6.54 Å². The van der Waals surface area contributed by atoms with Crippen LogP contribution in [0.5, 0.6) is 0 Å². The van der Waals surface area contributed by atoms with Gasteiger partial charge in [-0.25, -0.2) is 0 Å². The Bertz CT molecular complexity index is 556. The summed E-state index contributed by atoms with van der Waals surface area (Å²) in [6.07, 6.45) is 0. The van der Waals surface area contributed by atoms with Crippen molar-refractivity contribution in [2.24, 2.45) is 0 Å². The smallest absolute Gasteiger partial charge is 0.351 e. The van der Waals surface area contributed by atoms with E-state index in [1.165, 1.54) is 12.1 Å². The number of fused-ring (bicyclic) bond motifs is 1. The zero-order chi connectivity index (χ0) is 13.5. The largest absolute Gasteiger partial charge is 0.480 e. The Morgan fingerprint density at radius 1 is 1.28 bits per heavy atom. The van der Waals surface area contributed by atoms with E-state index in [0.29, 0.717) is 0 Å². The van der Waals surface area contributed by atoms with Crippen molar-refractivity contribution in [3.63, 3.8) is 0 Å². The molecular weight excluding hydrogens is 248 g/mol. The highest BCUT2D eigenvalue weighted by Gasteiger charge is 2.52. The van der Waals surface area contributed by atoms with Crippen LogP contribution in [0.2, 0.25) is 0 Å². The van der Waals surface area contributed by atoms with Crippen molar-refractivity contribution in [1.29, 1.82) is 0 Å². The summed E-state index contributed by atoms with van der Waals surface area (Å²) < 4.78 is 27.5. The lowest BCUT2D eigenvalue weighted by atomic mass is 9.95. The fraction of sp³-hybridized carbons (Fsp3) is 0.182. The Balaban J connectivity index is 2.57. The summed E-state index contributed by atoms with van der Waals surface area (Å²) in [6, 6.07) is 4.75. The molecule has 0 saturated heterocycles. The highest BCUT2D eigenvalue weighted by Crippen LogP contribution is 2.37. The molecule has 5 nitrogen and oxygen atoms in total. The Hall–Kier alpha value is -2.31. The Labute approximate surface area is 99.6 Å². The quantitative estimate of drug-likeness (QED) is 0.795. The van der Waals surface area contributed by atoms with Crippen LogP contribution in [0.3, 0.4) is 0 Å². The lowest BCUT2D eigenvalue weighted by molar-refractivity contribution is -0.160. The van der Waals surface area contributed by atoms with Gasteiger partial charge in [0.2, 0.25) is 0 Å². The molecule has 1 N–H and O–H groups in total. The maximum absolute atomic E-state index is 13.7. The maximum Gasteiger partial charge on any atom is 0.351 e. The predicted octanol–water partition coefficient (Wildman–Crippen LogP) is 0.845. The standard InChI is InChI=1S/C11H7F2NO4/c12-11(13)7-4-2-1-3-6(7)9(17)14(10(11)18)5-8(15)16/h1-4H,5H2,(H,15,16). The second-order valence-corrected chi connectivity index (χ2v) is 3.71. The summed E-state index contributed by atoms with van der Waals surface area (Å²) in [5.41, 5.74) is -1.05. The molecular formula is C11H7F2NO4. The number of carbonyl (C=O) groups is 3. The molecule has 1 aliphatic rings. The van der Waals surface area contributed by atoms with Crippen molar-refractivity contribution < 1.29 is 28.3 Å². The van der Waals surface area contributed by atoms with Gasteiger partial charge in [0.1, 0.15) is 6.54 Å². The summed E-state index contributed by atoms with van der Waals surface area (Å²) in [7, 11) is 0. The number of benzene rings is 1. The maximum atomic E-state index is 13.7. The van der Waals surface area contributed by atoms with Gasteiger partial charge in [-0.2, -0.15) is 8.78 Å². The van der Waals surface area contributed by atoms with E-state index in [2.05, 4.69) is 0 Å². The molecule has 0 aromatic heterocycles. The molecule has 2 amide bonds. The molecule has 94 valence electrons. The minimum absolute atomic E-state index is 0.0463. The first-order valence-electron chi connectivity index (χ1n) is 4.91. The first-order valence-corrected chi connectivity index (χ1v) is 4.91. The average molecular weight is 255 g/mol. The van der Waals surface area contributed by atoms with Gasteiger partial charge in [-0.3, -0.25) is 19.3 Å². The number of imide groups is 1. The summed E-state index contributed by atoms with van der Waals surface area (Å²) in [4.78, 5) is 33.7. The molecule has 18 heavy (non-hydrogen) atoms. The van der Waals surface area contributed by atoms with Crippen molar-refractivity contribution >= 4 is 17.8 Å². The molecule has 0 atom stereocenters. The molecule has 0 saturated carbocycles. The molecule has 7 heteroatoms. The van der Waals surface area contributed by atoms with Crippen molar-refractivity contribution in [3.8, 4) is 0 Å². The number of carboxylic acid groups (broad SMARTS) is 1. The van der Waals surface area contributed by atoms with Crippen LogP contribution in [0.1, 0.15) is 15.9 Å². The first kappa shape index (κ1) is 12.2. The fourth-order valence-electron chi connectivity index (χ4n) is 1.74. The van der Waals surface area contributed by atoms with Gasteiger partial charge in [0.05, 0.1) is 0 Å². The predicted molar refractivity (Wildman–Crippen MR) is 54.0 cm³/mol. The molecule has 0 bridgehead atoms. The zero-order valence-electron chi connectivity index (χ0n) is 8.89. The van der Waals surface area contributed by atoms with Crippen molar-refractivity contribution in [3.05, 3.63) is 35.4 Å². The lowest BCUT2D eigenvalue weighted by Crippen LogP contribution is -2.52. The molecule has 1 aliphatic heterocycles. The van der Waals surface area contributed by atoms with Crippen LogP contribution in [0.15, 0.2) is 24.3 Å². The van der Waals surface area contributed by atoms with E-state index < -0.39 is 35.8 Å². The highest BCUT2D eigenvalue weighted by atomic mass is 19.3. The number of amides is 2. The number of aliphatic carboxylic acids is 1. The second-order valence-electron chi connectivity index (χ2n) is 3.71. The van der Waals surface area contributed by atoms with Crippen LogP contribution in [0.25, 0.3) is 0 Å². The number of hydrogen-bond donors (Lipinski definition) is 1. The van der Waals surface area contributed by atoms with Gasteiger partial charge in [0.25, 0.3) is 5.91 Å². The average Bonchev–Trinajstić information content (AvgIpc) is 2.32. The minimum atomic E-state index is -3.89. The number of hydrogen-bond acceptors (Lipinski definition) is 3. The van der Waals surface area contributed by atoms with Crippen molar-refractivity contribution in [1.82, 2.24) is 4.90 Å². The summed E-state index contributed by atoms with van der Waals surface area (Å²) in [5, 5.41) is 8.53. The third-order valence-electron chi connectivity index (χ3n) is 2.55. The SMILES string of the molecule is O=C(O)CN1C(=O)c2ccccc2C(F)(F)C1=O. The fourth-order valence-corrected chi connectivity index (χ4v) is 1.74. The first-order chi connectivity index (χ1) is 8.35. The molecule has 0 fully saturated rings. The van der Waals surface area contributed by atoms with E-state index in [1.54, 1.807) is 0 Å². The molecule has 0 unspecified atom stereocenters. The number of carboxylic acids is 1. The molecule has 1 aromatic rings. The van der Waals surface area contributed by atoms with Crippen LogP contribution < -0.4 is 0 Å². The van der Waals surface area contributed by atoms with E-state index in [9.17, 15) is 23.2 Å². The number of carbonyl (C=O) groups excluding carboxylic acids is 2. The van der Waals surface area contributed by atoms with Crippen LogP contribution in [0, 0.1) is 0 Å². The number of halogens is 2. The van der Waals surface area contributed by atoms with E-state index in [4.69, 9.17) is 5.11 Å².